The third-order valence-corrected chi connectivity index (χ3v) is 3.01. The molecule has 1 aromatic carbocycles. The minimum Gasteiger partial charge on any atom is -0.496 e. The molecule has 0 aliphatic carbocycles. The highest BCUT2D eigenvalue weighted by molar-refractivity contribution is 6.17. The van der Waals surface area contributed by atoms with Gasteiger partial charge in [0, 0.05) is 6.54 Å². The zero-order valence-electron chi connectivity index (χ0n) is 9.78. The van der Waals surface area contributed by atoms with Crippen molar-refractivity contribution in [3.63, 3.8) is 0 Å². The normalized spacial score (nSPS) is 10.5. The van der Waals surface area contributed by atoms with Crippen LogP contribution in [-0.4, -0.2) is 13.1 Å². The zero-order chi connectivity index (χ0) is 11.4. The Kier molecular flexibility index (Phi) is 4.43. The summed E-state index contributed by atoms with van der Waals surface area (Å²) >= 11 is 5.62. The number of aryl methyl sites for hydroxylation is 1. The van der Waals surface area contributed by atoms with Crippen LogP contribution < -0.4 is 10.1 Å². The van der Waals surface area contributed by atoms with Crippen LogP contribution in [0, 0.1) is 20.8 Å². The molecule has 0 aliphatic rings. The van der Waals surface area contributed by atoms with Crippen molar-refractivity contribution in [1.82, 2.24) is 5.32 Å². The van der Waals surface area contributed by atoms with Crippen molar-refractivity contribution in [1.29, 1.82) is 0 Å². The van der Waals surface area contributed by atoms with Crippen LogP contribution in [0.25, 0.3) is 0 Å². The molecule has 0 saturated heterocycles. The molecule has 3 heteroatoms. The van der Waals surface area contributed by atoms with E-state index in [9.17, 15) is 0 Å². The number of alkyl halides is 1. The molecule has 0 heterocycles. The number of methoxy groups -OCH3 is 1. The van der Waals surface area contributed by atoms with Crippen LogP contribution in [0.3, 0.4) is 0 Å². The van der Waals surface area contributed by atoms with Gasteiger partial charge in [-0.3, -0.25) is 5.32 Å². The second kappa shape index (κ2) is 5.38. The highest BCUT2D eigenvalue weighted by atomic mass is 35.5. The average Bonchev–Trinajstić information content (AvgIpc) is 2.23. The van der Waals surface area contributed by atoms with Crippen LogP contribution in [0.5, 0.6) is 5.75 Å². The van der Waals surface area contributed by atoms with E-state index in [1.807, 2.05) is 0 Å². The first kappa shape index (κ1) is 12.3. The fraction of sp³-hybridized carbons (Fsp3) is 0.500. The molecule has 15 heavy (non-hydrogen) atoms. The van der Waals surface area contributed by atoms with Gasteiger partial charge in [0.25, 0.3) is 0 Å². The van der Waals surface area contributed by atoms with Gasteiger partial charge in [0.2, 0.25) is 0 Å². The molecule has 0 atom stereocenters. The summed E-state index contributed by atoms with van der Waals surface area (Å²) in [5.41, 5.74) is 5.04. The highest BCUT2D eigenvalue weighted by Crippen LogP contribution is 2.27. The maximum absolute atomic E-state index is 5.62. The molecule has 1 N–H and O–H groups in total. The van der Waals surface area contributed by atoms with Gasteiger partial charge < -0.3 is 4.74 Å². The van der Waals surface area contributed by atoms with Crippen molar-refractivity contribution >= 4 is 11.6 Å². The number of rotatable bonds is 4. The first-order chi connectivity index (χ1) is 7.11. The minimum absolute atomic E-state index is 0.476. The third-order valence-electron chi connectivity index (χ3n) is 2.82. The van der Waals surface area contributed by atoms with E-state index >= 15 is 0 Å². The van der Waals surface area contributed by atoms with Crippen LogP contribution in [0.1, 0.15) is 22.3 Å². The first-order valence-corrected chi connectivity index (χ1v) is 5.55. The number of nitrogens with one attached hydrogen (secondary N) is 1. The summed E-state index contributed by atoms with van der Waals surface area (Å²) in [5, 5.41) is 3.14. The Balaban J connectivity index is 3.11. The lowest BCUT2D eigenvalue weighted by atomic mass is 9.97. The molecule has 2 nitrogen and oxygen atoms in total. The molecule has 0 aliphatic heterocycles. The van der Waals surface area contributed by atoms with Gasteiger partial charge in [-0.05, 0) is 49.1 Å². The number of benzene rings is 1. The van der Waals surface area contributed by atoms with E-state index in [1.54, 1.807) is 7.11 Å². The Morgan fingerprint density at radius 1 is 1.27 bits per heavy atom. The van der Waals surface area contributed by atoms with Gasteiger partial charge in [-0.15, -0.1) is 11.6 Å². The summed E-state index contributed by atoms with van der Waals surface area (Å²) in [6.45, 7) is 7.11. The van der Waals surface area contributed by atoms with Crippen LogP contribution in [0.2, 0.25) is 0 Å². The van der Waals surface area contributed by atoms with Crippen molar-refractivity contribution in [2.45, 2.75) is 27.3 Å². The topological polar surface area (TPSA) is 21.3 Å². The Hall–Kier alpha value is -0.730. The van der Waals surface area contributed by atoms with E-state index in [2.05, 4.69) is 32.2 Å². The first-order valence-electron chi connectivity index (χ1n) is 5.02. The lowest BCUT2D eigenvalue weighted by Gasteiger charge is -2.15. The van der Waals surface area contributed by atoms with Crippen molar-refractivity contribution < 1.29 is 4.74 Å². The predicted octanol–water partition coefficient (Wildman–Crippen LogP) is 2.91. The molecule has 1 aromatic rings. The van der Waals surface area contributed by atoms with E-state index in [4.69, 9.17) is 16.3 Å². The molecule has 0 aromatic heterocycles. The monoisotopic (exact) mass is 227 g/mol. The van der Waals surface area contributed by atoms with Gasteiger partial charge in [-0.1, -0.05) is 0 Å². The standard InChI is InChI=1S/C12H18ClNO/c1-8-5-12(15-4)10(3)9(2)11(8)6-14-7-13/h5,14H,6-7H2,1-4H3. The summed E-state index contributed by atoms with van der Waals surface area (Å²) in [6.07, 6.45) is 0. The molecule has 1 rings (SSSR count). The molecular weight excluding hydrogens is 210 g/mol. The molecule has 0 unspecified atom stereocenters. The summed E-state index contributed by atoms with van der Waals surface area (Å²) in [5.74, 6) is 0.958. The Morgan fingerprint density at radius 3 is 2.47 bits per heavy atom. The van der Waals surface area contributed by atoms with Crippen molar-refractivity contribution in [3.05, 3.63) is 28.3 Å². The number of hydrogen-bond acceptors (Lipinski definition) is 2. The average molecular weight is 228 g/mol. The van der Waals surface area contributed by atoms with Crippen LogP contribution >= 0.6 is 11.6 Å². The predicted molar refractivity (Wildman–Crippen MR) is 64.8 cm³/mol. The van der Waals surface area contributed by atoms with Gasteiger partial charge >= 0.3 is 0 Å². The number of ether oxygens (including phenoxy) is 1. The fourth-order valence-electron chi connectivity index (χ4n) is 1.76. The lowest BCUT2D eigenvalue weighted by Crippen LogP contribution is -2.13. The van der Waals surface area contributed by atoms with Gasteiger partial charge in [0.15, 0.2) is 0 Å². The fourth-order valence-corrected chi connectivity index (χ4v) is 1.85. The molecule has 0 saturated carbocycles. The molecule has 0 amide bonds. The number of hydrogen-bond donors (Lipinski definition) is 1. The smallest absolute Gasteiger partial charge is 0.122 e. The van der Waals surface area contributed by atoms with Crippen molar-refractivity contribution in [2.75, 3.05) is 13.1 Å². The SMILES string of the molecule is COc1cc(C)c(CNCCl)c(C)c1C. The lowest BCUT2D eigenvalue weighted by molar-refractivity contribution is 0.410. The van der Waals surface area contributed by atoms with E-state index < -0.39 is 0 Å². The van der Waals surface area contributed by atoms with Crippen molar-refractivity contribution in [3.8, 4) is 5.75 Å². The summed E-state index contributed by atoms with van der Waals surface area (Å²) in [7, 11) is 1.71. The van der Waals surface area contributed by atoms with Gasteiger partial charge in [0.1, 0.15) is 5.75 Å². The summed E-state index contributed by atoms with van der Waals surface area (Å²) in [4.78, 5) is 0. The molecule has 0 bridgehead atoms. The van der Waals surface area contributed by atoms with E-state index in [-0.39, 0.29) is 0 Å². The minimum atomic E-state index is 0.476. The van der Waals surface area contributed by atoms with Gasteiger partial charge in [0.05, 0.1) is 13.1 Å². The molecular formula is C12H18ClNO. The van der Waals surface area contributed by atoms with Gasteiger partial charge in [-0.2, -0.15) is 0 Å². The van der Waals surface area contributed by atoms with Crippen LogP contribution in [-0.2, 0) is 6.54 Å². The third kappa shape index (κ3) is 2.64. The Labute approximate surface area is 96.6 Å². The Morgan fingerprint density at radius 2 is 1.93 bits per heavy atom. The second-order valence-corrected chi connectivity index (χ2v) is 3.95. The maximum atomic E-state index is 5.62. The van der Waals surface area contributed by atoms with Crippen LogP contribution in [0.15, 0.2) is 6.07 Å². The maximum Gasteiger partial charge on any atom is 0.122 e. The zero-order valence-corrected chi connectivity index (χ0v) is 10.5. The number of halogens is 1. The molecule has 0 fully saturated rings. The van der Waals surface area contributed by atoms with E-state index in [0.717, 1.165) is 12.3 Å². The molecule has 0 radical (unpaired) electrons. The summed E-state index contributed by atoms with van der Waals surface area (Å²) < 4.78 is 5.32. The molecule has 0 spiro atoms. The highest BCUT2D eigenvalue weighted by Gasteiger charge is 2.09. The second-order valence-electron chi connectivity index (χ2n) is 3.68. The van der Waals surface area contributed by atoms with Gasteiger partial charge in [-0.25, -0.2) is 0 Å². The molecule has 84 valence electrons. The van der Waals surface area contributed by atoms with E-state index in [0.29, 0.717) is 6.00 Å². The quantitative estimate of drug-likeness (QED) is 0.631. The largest absolute Gasteiger partial charge is 0.496 e. The van der Waals surface area contributed by atoms with Crippen LogP contribution in [0.4, 0.5) is 0 Å². The summed E-state index contributed by atoms with van der Waals surface area (Å²) in [6, 6.07) is 2.55. The van der Waals surface area contributed by atoms with E-state index in [1.165, 1.54) is 22.3 Å². The van der Waals surface area contributed by atoms with Crippen molar-refractivity contribution in [2.24, 2.45) is 0 Å². The Bertz CT molecular complexity index is 350.